The first-order chi connectivity index (χ1) is 9.64. The van der Waals surface area contributed by atoms with Gasteiger partial charge in [0, 0.05) is 24.9 Å². The van der Waals surface area contributed by atoms with Crippen LogP contribution in [0.1, 0.15) is 38.8 Å². The number of hydrogen-bond acceptors (Lipinski definition) is 2. The van der Waals surface area contributed by atoms with Gasteiger partial charge in [0.25, 0.3) is 0 Å². The Bertz CT molecular complexity index is 595. The summed E-state index contributed by atoms with van der Waals surface area (Å²) < 4.78 is 2.01. The summed E-state index contributed by atoms with van der Waals surface area (Å²) in [5.74, 6) is 0. The molecule has 0 aliphatic heterocycles. The highest BCUT2D eigenvalue weighted by Gasteiger charge is 2.44. The summed E-state index contributed by atoms with van der Waals surface area (Å²) in [7, 11) is 2.04. The first kappa shape index (κ1) is 13.6. The Morgan fingerprint density at radius 1 is 1.35 bits per heavy atom. The quantitative estimate of drug-likeness (QED) is 0.873. The Morgan fingerprint density at radius 2 is 2.10 bits per heavy atom. The Labute approximate surface area is 121 Å². The molecule has 1 unspecified atom stereocenters. The maximum Gasteiger partial charge on any atom is 0.0718 e. The van der Waals surface area contributed by atoms with Gasteiger partial charge < -0.3 is 5.32 Å². The highest BCUT2D eigenvalue weighted by molar-refractivity contribution is 5.81. The van der Waals surface area contributed by atoms with Gasteiger partial charge in [-0.1, -0.05) is 32.0 Å². The van der Waals surface area contributed by atoms with E-state index < -0.39 is 0 Å². The van der Waals surface area contributed by atoms with Crippen molar-refractivity contribution in [3.05, 3.63) is 30.0 Å². The second kappa shape index (κ2) is 5.21. The molecule has 1 atom stereocenters. The molecule has 3 nitrogen and oxygen atoms in total. The van der Waals surface area contributed by atoms with Crippen LogP contribution in [0.3, 0.4) is 0 Å². The number of fused-ring (bicyclic) bond motifs is 1. The fourth-order valence-corrected chi connectivity index (χ4v) is 3.06. The molecule has 1 N–H and O–H groups in total. The summed E-state index contributed by atoms with van der Waals surface area (Å²) in [6.07, 6.45) is 4.92. The van der Waals surface area contributed by atoms with Gasteiger partial charge in [-0.2, -0.15) is 5.10 Å². The summed E-state index contributed by atoms with van der Waals surface area (Å²) in [5, 5.41) is 9.81. The van der Waals surface area contributed by atoms with Crippen molar-refractivity contribution < 1.29 is 0 Å². The van der Waals surface area contributed by atoms with Gasteiger partial charge in [0.1, 0.15) is 0 Å². The smallest absolute Gasteiger partial charge is 0.0718 e. The van der Waals surface area contributed by atoms with Crippen molar-refractivity contribution in [2.75, 3.05) is 6.54 Å². The van der Waals surface area contributed by atoms with Crippen LogP contribution in [0.4, 0.5) is 0 Å². The summed E-state index contributed by atoms with van der Waals surface area (Å²) in [6.45, 7) is 5.74. The van der Waals surface area contributed by atoms with Gasteiger partial charge in [0.2, 0.25) is 0 Å². The van der Waals surface area contributed by atoms with E-state index in [1.165, 1.54) is 35.9 Å². The largest absolute Gasteiger partial charge is 0.313 e. The van der Waals surface area contributed by atoms with Gasteiger partial charge in [-0.3, -0.25) is 4.68 Å². The molecule has 1 fully saturated rings. The molecule has 3 rings (SSSR count). The monoisotopic (exact) mass is 271 g/mol. The van der Waals surface area contributed by atoms with Crippen molar-refractivity contribution in [3.63, 3.8) is 0 Å². The van der Waals surface area contributed by atoms with Gasteiger partial charge in [-0.15, -0.1) is 0 Å². The maximum atomic E-state index is 4.76. The number of nitrogens with zero attached hydrogens (tertiary/aromatic N) is 2. The molecular formula is C17H25N3. The van der Waals surface area contributed by atoms with Crippen molar-refractivity contribution in [1.29, 1.82) is 0 Å². The Hall–Kier alpha value is -1.35. The van der Waals surface area contributed by atoms with Gasteiger partial charge in [-0.05, 0) is 37.3 Å². The van der Waals surface area contributed by atoms with Crippen LogP contribution < -0.4 is 5.32 Å². The van der Waals surface area contributed by atoms with Crippen molar-refractivity contribution in [1.82, 2.24) is 15.1 Å². The van der Waals surface area contributed by atoms with E-state index in [1.54, 1.807) is 0 Å². The van der Waals surface area contributed by atoms with Crippen LogP contribution >= 0.6 is 0 Å². The van der Waals surface area contributed by atoms with Gasteiger partial charge >= 0.3 is 0 Å². The van der Waals surface area contributed by atoms with Crippen LogP contribution in [0.5, 0.6) is 0 Å². The summed E-state index contributed by atoms with van der Waals surface area (Å²) in [4.78, 5) is 0. The average molecular weight is 271 g/mol. The molecule has 108 valence electrons. The first-order valence-electron chi connectivity index (χ1n) is 7.78. The maximum absolute atomic E-state index is 4.76. The fourth-order valence-electron chi connectivity index (χ4n) is 3.06. The third kappa shape index (κ3) is 2.47. The van der Waals surface area contributed by atoms with Crippen molar-refractivity contribution in [2.24, 2.45) is 12.5 Å². The molecular weight excluding hydrogens is 246 g/mol. The molecule has 0 amide bonds. The molecule has 1 aromatic carbocycles. The van der Waals surface area contributed by atoms with E-state index in [9.17, 15) is 0 Å². The lowest BCUT2D eigenvalue weighted by atomic mass is 9.93. The summed E-state index contributed by atoms with van der Waals surface area (Å²) in [6, 6.07) is 9.10. The highest BCUT2D eigenvalue weighted by Crippen LogP contribution is 2.49. The predicted octanol–water partition coefficient (Wildman–Crippen LogP) is 3.28. The number of aromatic nitrogens is 2. The lowest BCUT2D eigenvalue weighted by Gasteiger charge is -2.24. The number of rotatable bonds is 6. The van der Waals surface area contributed by atoms with Gasteiger partial charge in [-0.25, -0.2) is 0 Å². The van der Waals surface area contributed by atoms with Crippen molar-refractivity contribution in [2.45, 2.75) is 45.6 Å². The molecule has 1 heterocycles. The third-order valence-electron chi connectivity index (χ3n) is 4.75. The zero-order valence-corrected chi connectivity index (χ0v) is 12.8. The first-order valence-corrected chi connectivity index (χ1v) is 7.78. The molecule has 0 radical (unpaired) electrons. The van der Waals surface area contributed by atoms with E-state index in [-0.39, 0.29) is 0 Å². The zero-order valence-electron chi connectivity index (χ0n) is 12.8. The number of nitrogens with one attached hydrogen (secondary N) is 1. The van der Waals surface area contributed by atoms with Crippen LogP contribution in [0, 0.1) is 5.41 Å². The van der Waals surface area contributed by atoms with E-state index >= 15 is 0 Å². The number of aryl methyl sites for hydroxylation is 1. The van der Waals surface area contributed by atoms with Crippen LogP contribution in [0.25, 0.3) is 10.9 Å². The fraction of sp³-hybridized carbons (Fsp3) is 0.588. The standard InChI is InChI=1S/C17H25N3/c1-4-11-18-16(17(2)9-10-17)12-14-13-7-5-6-8-15(13)20(3)19-14/h5-8,16,18H,4,9-12H2,1-3H3. The minimum absolute atomic E-state index is 0.480. The summed E-state index contributed by atoms with van der Waals surface area (Å²) >= 11 is 0. The second-order valence-corrected chi connectivity index (χ2v) is 6.45. The number of hydrogen-bond donors (Lipinski definition) is 1. The minimum Gasteiger partial charge on any atom is -0.313 e. The third-order valence-corrected chi connectivity index (χ3v) is 4.75. The molecule has 0 spiro atoms. The van der Waals surface area contributed by atoms with Crippen molar-refractivity contribution in [3.8, 4) is 0 Å². The van der Waals surface area contributed by atoms with E-state index in [1.807, 2.05) is 11.7 Å². The van der Waals surface area contributed by atoms with Crippen molar-refractivity contribution >= 4 is 10.9 Å². The Kier molecular flexibility index (Phi) is 3.55. The van der Waals surface area contributed by atoms with E-state index in [4.69, 9.17) is 5.10 Å². The predicted molar refractivity (Wildman–Crippen MR) is 83.8 cm³/mol. The molecule has 20 heavy (non-hydrogen) atoms. The van der Waals surface area contributed by atoms with E-state index in [0.29, 0.717) is 11.5 Å². The molecule has 2 aromatic rings. The zero-order chi connectivity index (χ0) is 14.2. The average Bonchev–Trinajstić information content (AvgIpc) is 3.12. The topological polar surface area (TPSA) is 29.9 Å². The Morgan fingerprint density at radius 3 is 2.80 bits per heavy atom. The van der Waals surface area contributed by atoms with E-state index in [0.717, 1.165) is 13.0 Å². The Balaban J connectivity index is 1.86. The van der Waals surface area contributed by atoms with Crippen LogP contribution in [-0.2, 0) is 13.5 Å². The second-order valence-electron chi connectivity index (χ2n) is 6.45. The van der Waals surface area contributed by atoms with Gasteiger partial charge in [0.15, 0.2) is 0 Å². The lowest BCUT2D eigenvalue weighted by molar-refractivity contribution is 0.352. The molecule has 1 saturated carbocycles. The molecule has 0 saturated heterocycles. The minimum atomic E-state index is 0.480. The summed E-state index contributed by atoms with van der Waals surface area (Å²) in [5.41, 5.74) is 2.95. The number of para-hydroxylation sites is 1. The lowest BCUT2D eigenvalue weighted by Crippen LogP contribution is -2.38. The highest BCUT2D eigenvalue weighted by atomic mass is 15.3. The molecule has 0 bridgehead atoms. The van der Waals surface area contributed by atoms with Crippen LogP contribution in [0.15, 0.2) is 24.3 Å². The molecule has 1 aliphatic carbocycles. The van der Waals surface area contributed by atoms with Gasteiger partial charge in [0.05, 0.1) is 11.2 Å². The van der Waals surface area contributed by atoms with Crippen LogP contribution in [-0.4, -0.2) is 22.4 Å². The molecule has 1 aliphatic rings. The normalized spacial score (nSPS) is 18.4. The number of benzene rings is 1. The molecule has 3 heteroatoms. The molecule has 1 aromatic heterocycles. The SMILES string of the molecule is CCCNC(Cc1nn(C)c2ccccc12)C1(C)CC1. The van der Waals surface area contributed by atoms with E-state index in [2.05, 4.69) is 43.4 Å². The van der Waals surface area contributed by atoms with Crippen LogP contribution in [0.2, 0.25) is 0 Å².